The summed E-state index contributed by atoms with van der Waals surface area (Å²) >= 11 is 0. The molecule has 2 aliphatic rings. The maximum Gasteiger partial charge on any atom is 0.0239 e. The Hall–Kier alpha value is -0.860. The second-order valence-corrected chi connectivity index (χ2v) is 5.92. The highest BCUT2D eigenvalue weighted by Crippen LogP contribution is 2.26. The van der Waals surface area contributed by atoms with Crippen LogP contribution in [0.15, 0.2) is 24.3 Å². The van der Waals surface area contributed by atoms with E-state index in [1.54, 1.807) is 5.56 Å². The van der Waals surface area contributed by atoms with Crippen LogP contribution in [0.2, 0.25) is 0 Å². The van der Waals surface area contributed by atoms with Crippen molar-refractivity contribution in [3.63, 3.8) is 0 Å². The van der Waals surface area contributed by atoms with Gasteiger partial charge in [-0.2, -0.15) is 0 Å². The molecule has 0 radical (unpaired) electrons. The molecule has 1 saturated carbocycles. The van der Waals surface area contributed by atoms with Crippen LogP contribution in [0.25, 0.3) is 0 Å². The number of benzene rings is 1. The van der Waals surface area contributed by atoms with Crippen molar-refractivity contribution in [3.8, 4) is 0 Å². The number of rotatable bonds is 1. The Bertz CT molecular complexity index is 402. The molecule has 2 nitrogen and oxygen atoms in total. The van der Waals surface area contributed by atoms with Gasteiger partial charge in [-0.3, -0.25) is 4.90 Å². The standard InChI is InChI=1S/C16H24N2/c17-15-8-3-9-16(11-15)18-10-4-7-13-5-1-2-6-14(13)12-18/h1-2,5-6,15-16H,3-4,7-12,17H2. The zero-order chi connectivity index (χ0) is 12.4. The molecular weight excluding hydrogens is 220 g/mol. The molecule has 98 valence electrons. The Morgan fingerprint density at radius 2 is 1.89 bits per heavy atom. The van der Waals surface area contributed by atoms with Gasteiger partial charge in [-0.15, -0.1) is 0 Å². The van der Waals surface area contributed by atoms with Crippen molar-refractivity contribution in [2.75, 3.05) is 6.54 Å². The van der Waals surface area contributed by atoms with E-state index in [1.807, 2.05) is 0 Å². The van der Waals surface area contributed by atoms with Crippen molar-refractivity contribution >= 4 is 0 Å². The molecule has 1 aromatic rings. The predicted octanol–water partition coefficient (Wildman–Crippen LogP) is 2.70. The molecule has 0 aromatic heterocycles. The van der Waals surface area contributed by atoms with Gasteiger partial charge in [0.2, 0.25) is 0 Å². The zero-order valence-electron chi connectivity index (χ0n) is 11.1. The molecule has 2 unspecified atom stereocenters. The lowest BCUT2D eigenvalue weighted by Crippen LogP contribution is -2.42. The van der Waals surface area contributed by atoms with Crippen molar-refractivity contribution in [1.29, 1.82) is 0 Å². The van der Waals surface area contributed by atoms with Crippen LogP contribution in [0.4, 0.5) is 0 Å². The van der Waals surface area contributed by atoms with E-state index in [2.05, 4.69) is 29.2 Å². The minimum Gasteiger partial charge on any atom is -0.328 e. The number of nitrogens with zero attached hydrogens (tertiary/aromatic N) is 1. The second-order valence-electron chi connectivity index (χ2n) is 5.92. The van der Waals surface area contributed by atoms with Crippen LogP contribution in [-0.2, 0) is 13.0 Å². The molecule has 1 aliphatic carbocycles. The van der Waals surface area contributed by atoms with Crippen LogP contribution in [-0.4, -0.2) is 23.5 Å². The minimum absolute atomic E-state index is 0.433. The van der Waals surface area contributed by atoms with Crippen LogP contribution in [0.3, 0.4) is 0 Å². The number of fused-ring (bicyclic) bond motifs is 1. The third kappa shape index (κ3) is 2.60. The van der Waals surface area contributed by atoms with E-state index in [9.17, 15) is 0 Å². The molecular formula is C16H24N2. The van der Waals surface area contributed by atoms with E-state index >= 15 is 0 Å². The van der Waals surface area contributed by atoms with Gasteiger partial charge in [0.25, 0.3) is 0 Å². The zero-order valence-corrected chi connectivity index (χ0v) is 11.1. The summed E-state index contributed by atoms with van der Waals surface area (Å²) in [4.78, 5) is 2.69. The van der Waals surface area contributed by atoms with Gasteiger partial charge >= 0.3 is 0 Å². The molecule has 0 saturated heterocycles. The van der Waals surface area contributed by atoms with E-state index in [-0.39, 0.29) is 0 Å². The number of hydrogen-bond donors (Lipinski definition) is 1. The molecule has 0 spiro atoms. The highest BCUT2D eigenvalue weighted by atomic mass is 15.2. The molecule has 2 heteroatoms. The Balaban J connectivity index is 1.74. The maximum atomic E-state index is 6.14. The van der Waals surface area contributed by atoms with Crippen molar-refractivity contribution in [2.24, 2.45) is 5.73 Å². The SMILES string of the molecule is NC1CCCC(N2CCCc3ccccc3C2)C1. The van der Waals surface area contributed by atoms with Gasteiger partial charge in [0, 0.05) is 18.6 Å². The van der Waals surface area contributed by atoms with E-state index in [0.29, 0.717) is 6.04 Å². The largest absolute Gasteiger partial charge is 0.328 e. The minimum atomic E-state index is 0.433. The normalized spacial score (nSPS) is 29.6. The highest BCUT2D eigenvalue weighted by molar-refractivity contribution is 5.28. The molecule has 1 aromatic carbocycles. The fourth-order valence-corrected chi connectivity index (χ4v) is 3.57. The number of aryl methyl sites for hydroxylation is 1. The monoisotopic (exact) mass is 244 g/mol. The number of nitrogens with two attached hydrogens (primary N) is 1. The third-order valence-electron chi connectivity index (χ3n) is 4.59. The summed E-state index contributed by atoms with van der Waals surface area (Å²) in [5.41, 5.74) is 9.23. The summed E-state index contributed by atoms with van der Waals surface area (Å²) in [7, 11) is 0. The van der Waals surface area contributed by atoms with Crippen molar-refractivity contribution < 1.29 is 0 Å². The summed E-state index contributed by atoms with van der Waals surface area (Å²) in [5.74, 6) is 0. The maximum absolute atomic E-state index is 6.14. The summed E-state index contributed by atoms with van der Waals surface area (Å²) < 4.78 is 0. The van der Waals surface area contributed by atoms with Gasteiger partial charge < -0.3 is 5.73 Å². The molecule has 0 bridgehead atoms. The Morgan fingerprint density at radius 1 is 1.06 bits per heavy atom. The van der Waals surface area contributed by atoms with Gasteiger partial charge in [0.15, 0.2) is 0 Å². The van der Waals surface area contributed by atoms with Crippen LogP contribution >= 0.6 is 0 Å². The quantitative estimate of drug-likeness (QED) is 0.823. The van der Waals surface area contributed by atoms with Gasteiger partial charge in [-0.25, -0.2) is 0 Å². The molecule has 3 rings (SSSR count). The Kier molecular flexibility index (Phi) is 3.67. The molecule has 0 amide bonds. The molecule has 2 N–H and O–H groups in total. The summed E-state index contributed by atoms with van der Waals surface area (Å²) in [6, 6.07) is 10.1. The van der Waals surface area contributed by atoms with Gasteiger partial charge in [-0.05, 0) is 49.8 Å². The Morgan fingerprint density at radius 3 is 2.72 bits per heavy atom. The van der Waals surface area contributed by atoms with Crippen LogP contribution < -0.4 is 5.73 Å². The molecule has 18 heavy (non-hydrogen) atoms. The highest BCUT2D eigenvalue weighted by Gasteiger charge is 2.26. The molecule has 1 aliphatic heterocycles. The topological polar surface area (TPSA) is 29.3 Å². The van der Waals surface area contributed by atoms with Crippen molar-refractivity contribution in [3.05, 3.63) is 35.4 Å². The van der Waals surface area contributed by atoms with Gasteiger partial charge in [0.05, 0.1) is 0 Å². The van der Waals surface area contributed by atoms with Gasteiger partial charge in [0.1, 0.15) is 0 Å². The van der Waals surface area contributed by atoms with Crippen LogP contribution in [0, 0.1) is 0 Å². The molecule has 1 heterocycles. The first-order valence-corrected chi connectivity index (χ1v) is 7.39. The second kappa shape index (κ2) is 5.41. The van der Waals surface area contributed by atoms with Crippen LogP contribution in [0.5, 0.6) is 0 Å². The summed E-state index contributed by atoms with van der Waals surface area (Å²) in [6.45, 7) is 2.37. The van der Waals surface area contributed by atoms with Crippen LogP contribution in [0.1, 0.15) is 43.2 Å². The smallest absolute Gasteiger partial charge is 0.0239 e. The first-order chi connectivity index (χ1) is 8.83. The lowest BCUT2D eigenvalue weighted by Gasteiger charge is -2.36. The predicted molar refractivity (Wildman–Crippen MR) is 75.4 cm³/mol. The summed E-state index contributed by atoms with van der Waals surface area (Å²) in [5, 5.41) is 0. The lowest BCUT2D eigenvalue weighted by molar-refractivity contribution is 0.142. The summed E-state index contributed by atoms with van der Waals surface area (Å²) in [6.07, 6.45) is 7.61. The van der Waals surface area contributed by atoms with Gasteiger partial charge in [-0.1, -0.05) is 30.7 Å². The fraction of sp³-hybridized carbons (Fsp3) is 0.625. The molecule has 1 fully saturated rings. The van der Waals surface area contributed by atoms with E-state index in [0.717, 1.165) is 12.6 Å². The first-order valence-electron chi connectivity index (χ1n) is 7.39. The van der Waals surface area contributed by atoms with Crippen molar-refractivity contribution in [2.45, 2.75) is 57.2 Å². The average Bonchev–Trinajstić information content (AvgIpc) is 2.60. The van der Waals surface area contributed by atoms with Crippen molar-refractivity contribution in [1.82, 2.24) is 4.90 Å². The molecule has 2 atom stereocenters. The first kappa shape index (κ1) is 12.2. The van der Waals surface area contributed by atoms with E-state index in [4.69, 9.17) is 5.73 Å². The van der Waals surface area contributed by atoms with E-state index < -0.39 is 0 Å². The third-order valence-corrected chi connectivity index (χ3v) is 4.59. The lowest BCUT2D eigenvalue weighted by atomic mass is 9.90. The fourth-order valence-electron chi connectivity index (χ4n) is 3.57. The van der Waals surface area contributed by atoms with E-state index in [1.165, 1.54) is 50.6 Å². The Labute approximate surface area is 110 Å². The average molecular weight is 244 g/mol. The number of hydrogen-bond acceptors (Lipinski definition) is 2.